The first kappa shape index (κ1) is 26.3. The van der Waals surface area contributed by atoms with Gasteiger partial charge in [0.25, 0.3) is 5.91 Å². The highest BCUT2D eigenvalue weighted by Crippen LogP contribution is 2.56. The van der Waals surface area contributed by atoms with Crippen LogP contribution >= 0.6 is 0 Å². The molecular weight excluding hydrogens is 482 g/mol. The molecule has 4 bridgehead atoms. The van der Waals surface area contributed by atoms with Crippen LogP contribution in [0.1, 0.15) is 87.4 Å². The molecule has 5 nitrogen and oxygen atoms in total. The second kappa shape index (κ2) is 10.5. The normalized spacial score (nSPS) is 30.6. The maximum absolute atomic E-state index is 13.3. The molecule has 7 rings (SSSR count). The third-order valence-corrected chi connectivity index (χ3v) is 9.75. The number of terminal acetylenes is 1. The number of fused-ring (bicyclic) bond motifs is 1. The summed E-state index contributed by atoms with van der Waals surface area (Å²) in [5.41, 5.74) is 4.95. The third kappa shape index (κ3) is 5.16. The average Bonchev–Trinajstić information content (AvgIpc) is 2.89. The molecule has 5 aliphatic rings. The van der Waals surface area contributed by atoms with Crippen LogP contribution in [0.15, 0.2) is 42.5 Å². The van der Waals surface area contributed by atoms with Crippen LogP contribution in [0.25, 0.3) is 0 Å². The minimum atomic E-state index is -0.226. The Balaban J connectivity index is 1.32. The van der Waals surface area contributed by atoms with Gasteiger partial charge < -0.3 is 15.1 Å². The highest BCUT2D eigenvalue weighted by atomic mass is 16.7. The van der Waals surface area contributed by atoms with Crippen molar-refractivity contribution in [1.29, 1.82) is 0 Å². The number of benzene rings is 2. The number of hydrogen-bond donors (Lipinski definition) is 1. The van der Waals surface area contributed by atoms with E-state index < -0.39 is 0 Å². The number of amides is 1. The summed E-state index contributed by atoms with van der Waals surface area (Å²) in [5, 5.41) is 5.72. The molecule has 0 spiro atoms. The van der Waals surface area contributed by atoms with Gasteiger partial charge >= 0.3 is 0 Å². The number of hydroxylamine groups is 2. The zero-order valence-corrected chi connectivity index (χ0v) is 23.8. The number of hydrogen-bond acceptors (Lipinski definition) is 4. The Bertz CT molecular complexity index is 1210. The zero-order chi connectivity index (χ0) is 27.1. The molecule has 2 atom stereocenters. The van der Waals surface area contributed by atoms with Crippen molar-refractivity contribution >= 4 is 11.6 Å². The van der Waals surface area contributed by atoms with E-state index in [9.17, 15) is 4.79 Å². The van der Waals surface area contributed by atoms with Crippen LogP contribution < -0.4 is 10.2 Å². The fourth-order valence-electron chi connectivity index (χ4n) is 8.70. The first-order valence-corrected chi connectivity index (χ1v) is 15.0. The molecule has 39 heavy (non-hydrogen) atoms. The quantitative estimate of drug-likeness (QED) is 0.312. The molecule has 0 aromatic heterocycles. The molecule has 0 saturated heterocycles. The van der Waals surface area contributed by atoms with E-state index in [-0.39, 0.29) is 23.5 Å². The van der Waals surface area contributed by atoms with Crippen LogP contribution in [0, 0.1) is 30.1 Å². The lowest BCUT2D eigenvalue weighted by Gasteiger charge is -2.57. The third-order valence-electron chi connectivity index (χ3n) is 9.75. The van der Waals surface area contributed by atoms with Crippen molar-refractivity contribution in [1.82, 2.24) is 9.96 Å². The monoisotopic (exact) mass is 525 g/mol. The van der Waals surface area contributed by atoms with E-state index in [2.05, 4.69) is 54.6 Å². The second-order valence-corrected chi connectivity index (χ2v) is 13.0. The maximum atomic E-state index is 13.3. The predicted octanol–water partition coefficient (Wildman–Crippen LogP) is 6.59. The van der Waals surface area contributed by atoms with Crippen molar-refractivity contribution in [3.05, 3.63) is 59.2 Å². The Labute approximate surface area is 234 Å². The first-order chi connectivity index (χ1) is 18.9. The molecular formula is C34H43N3O2. The van der Waals surface area contributed by atoms with Crippen molar-refractivity contribution in [2.24, 2.45) is 17.8 Å². The van der Waals surface area contributed by atoms with Crippen LogP contribution in [0.4, 0.5) is 5.69 Å². The number of rotatable bonds is 8. The molecule has 0 unspecified atom stereocenters. The molecule has 1 aliphatic heterocycles. The van der Waals surface area contributed by atoms with Gasteiger partial charge in [-0.3, -0.25) is 4.79 Å². The van der Waals surface area contributed by atoms with Gasteiger partial charge in [-0.25, -0.2) is 0 Å². The van der Waals surface area contributed by atoms with E-state index >= 15 is 0 Å². The molecule has 0 radical (unpaired) electrons. The topological polar surface area (TPSA) is 44.8 Å². The minimum absolute atomic E-state index is 0.0606. The number of anilines is 1. The van der Waals surface area contributed by atoms with E-state index in [0.717, 1.165) is 60.3 Å². The summed E-state index contributed by atoms with van der Waals surface area (Å²) >= 11 is 0. The molecule has 2 aromatic carbocycles. The Morgan fingerprint density at radius 2 is 1.74 bits per heavy atom. The van der Waals surface area contributed by atoms with E-state index in [1.807, 2.05) is 25.1 Å². The van der Waals surface area contributed by atoms with Gasteiger partial charge in [-0.05, 0) is 116 Å². The van der Waals surface area contributed by atoms with Crippen LogP contribution in [0.3, 0.4) is 0 Å². The lowest BCUT2D eigenvalue weighted by Crippen LogP contribution is -2.54. The SMILES string of the molecule is C#CC(=O)N1[C@@H](CCCC)Cc2cc(ON(C)C)ccc2[C@@H]1c1ccc(NC23CC4CC(CC(C4)C2)C3)cc1. The Hall–Kier alpha value is -2.97. The van der Waals surface area contributed by atoms with Crippen molar-refractivity contribution in [3.8, 4) is 18.1 Å². The summed E-state index contributed by atoms with van der Waals surface area (Å²) in [4.78, 5) is 21.1. The molecule has 206 valence electrons. The molecule has 4 aliphatic carbocycles. The highest BCUT2D eigenvalue weighted by molar-refractivity contribution is 5.94. The summed E-state index contributed by atoms with van der Waals surface area (Å²) < 4.78 is 0. The summed E-state index contributed by atoms with van der Waals surface area (Å²) in [6, 6.07) is 15.0. The van der Waals surface area contributed by atoms with Crippen molar-refractivity contribution in [3.63, 3.8) is 0 Å². The van der Waals surface area contributed by atoms with Gasteiger partial charge in [-0.1, -0.05) is 38.0 Å². The van der Waals surface area contributed by atoms with E-state index in [1.165, 1.54) is 49.8 Å². The minimum Gasteiger partial charge on any atom is -0.407 e. The molecule has 1 heterocycles. The number of nitrogens with zero attached hydrogens (tertiary/aromatic N) is 2. The van der Waals surface area contributed by atoms with Crippen LogP contribution in [-0.4, -0.2) is 41.5 Å². The largest absolute Gasteiger partial charge is 0.407 e. The fraction of sp³-hybridized carbons (Fsp3) is 0.559. The van der Waals surface area contributed by atoms with Gasteiger partial charge in [-0.2, -0.15) is 5.06 Å². The molecule has 4 saturated carbocycles. The van der Waals surface area contributed by atoms with Crippen LogP contribution in [0.5, 0.6) is 5.75 Å². The van der Waals surface area contributed by atoms with Gasteiger partial charge in [0.05, 0.1) is 6.04 Å². The predicted molar refractivity (Wildman–Crippen MR) is 156 cm³/mol. The summed E-state index contributed by atoms with van der Waals surface area (Å²) in [5.74, 6) is 5.77. The van der Waals surface area contributed by atoms with E-state index in [1.54, 1.807) is 5.06 Å². The van der Waals surface area contributed by atoms with Crippen molar-refractivity contribution in [2.75, 3.05) is 19.4 Å². The van der Waals surface area contributed by atoms with E-state index in [4.69, 9.17) is 11.3 Å². The molecule has 4 fully saturated rings. The summed E-state index contributed by atoms with van der Waals surface area (Å²) in [7, 11) is 3.78. The number of carbonyl (C=O) groups is 1. The Kier molecular flexibility index (Phi) is 7.10. The lowest BCUT2D eigenvalue weighted by molar-refractivity contribution is -0.130. The number of carbonyl (C=O) groups excluding carboxylic acids is 1. The van der Waals surface area contributed by atoms with Crippen LogP contribution in [-0.2, 0) is 11.2 Å². The van der Waals surface area contributed by atoms with Gasteiger partial charge in [-0.15, -0.1) is 6.42 Å². The standard InChI is InChI=1S/C34H43N3O2/c1-5-7-8-29-18-27-19-30(39-36(3)4)13-14-31(27)33(37(29)32(38)6-2)26-9-11-28(12-10-26)35-34-20-23-15-24(21-34)17-25(16-23)22-34/h2,9-14,19,23-25,29,33,35H,5,7-8,15-18,20-22H2,1,3-4H3/t23?,24?,25?,29-,33-,34?/m0/s1. The molecule has 5 heteroatoms. The van der Waals surface area contributed by atoms with Crippen molar-refractivity contribution in [2.45, 2.75) is 88.8 Å². The van der Waals surface area contributed by atoms with Gasteiger partial charge in [0.1, 0.15) is 5.75 Å². The van der Waals surface area contributed by atoms with Gasteiger partial charge in [0.2, 0.25) is 0 Å². The summed E-state index contributed by atoms with van der Waals surface area (Å²) in [6.45, 7) is 2.19. The lowest BCUT2D eigenvalue weighted by atomic mass is 9.53. The summed E-state index contributed by atoms with van der Waals surface area (Å²) in [6.07, 6.45) is 17.9. The average molecular weight is 526 g/mol. The Morgan fingerprint density at radius 3 is 2.33 bits per heavy atom. The molecule has 1 amide bonds. The molecule has 2 aromatic rings. The van der Waals surface area contributed by atoms with Crippen molar-refractivity contribution < 1.29 is 9.63 Å². The van der Waals surface area contributed by atoms with Crippen LogP contribution in [0.2, 0.25) is 0 Å². The second-order valence-electron chi connectivity index (χ2n) is 13.0. The highest BCUT2D eigenvalue weighted by Gasteiger charge is 2.51. The number of nitrogens with one attached hydrogen (secondary N) is 1. The van der Waals surface area contributed by atoms with Gasteiger partial charge in [0.15, 0.2) is 0 Å². The smallest absolute Gasteiger partial charge is 0.299 e. The zero-order valence-electron chi connectivity index (χ0n) is 23.8. The number of unbranched alkanes of at least 4 members (excludes halogenated alkanes) is 1. The fourth-order valence-corrected chi connectivity index (χ4v) is 8.70. The van der Waals surface area contributed by atoms with E-state index in [0.29, 0.717) is 0 Å². The Morgan fingerprint density at radius 1 is 1.08 bits per heavy atom. The first-order valence-electron chi connectivity index (χ1n) is 15.0. The van der Waals surface area contributed by atoms with Gasteiger partial charge in [0, 0.05) is 31.4 Å². The maximum Gasteiger partial charge on any atom is 0.299 e. The molecule has 1 N–H and O–H groups in total.